The van der Waals surface area contributed by atoms with Gasteiger partial charge < -0.3 is 15.3 Å². The average Bonchev–Trinajstić information content (AvgIpc) is 3.23. The summed E-state index contributed by atoms with van der Waals surface area (Å²) in [6, 6.07) is 0. The fourth-order valence-electron chi connectivity index (χ4n) is 6.36. The molecule has 35 heavy (non-hydrogen) atoms. The minimum absolute atomic E-state index is 0.402. The van der Waals surface area contributed by atoms with Crippen LogP contribution in [0.5, 0.6) is 0 Å². The standard InChI is InChI=1S/C32H48O3/c1-23(13-10-8-6-5-7-9-11-20-32(3,4)35)28-18-19-29-25(14-12-15-30(28)29)16-17-26-21-27(33)22-31(34)24(26)2/h5-8,10,13,16-17,23,27-31,33-35H,2,9,11-12,14-15,18-22H2,1,3-4H3/b7-5+,8-6+,13-10+,25-16+,26-17-/t23-,27?,28+,29-,30+,31-/m0/s1. The predicted octanol–water partition coefficient (Wildman–Crippen LogP) is 6.98. The molecule has 3 aliphatic carbocycles. The summed E-state index contributed by atoms with van der Waals surface area (Å²) in [7, 11) is 0. The molecule has 3 heteroatoms. The molecule has 3 rings (SSSR count). The van der Waals surface area contributed by atoms with Crippen LogP contribution in [0.3, 0.4) is 0 Å². The van der Waals surface area contributed by atoms with Crippen LogP contribution >= 0.6 is 0 Å². The minimum Gasteiger partial charge on any atom is -0.393 e. The zero-order valence-electron chi connectivity index (χ0n) is 22.2. The van der Waals surface area contributed by atoms with Crippen LogP contribution in [0.25, 0.3) is 0 Å². The Bertz CT molecular complexity index is 851. The van der Waals surface area contributed by atoms with E-state index in [0.29, 0.717) is 24.7 Å². The number of rotatable bonds is 9. The molecule has 0 aromatic rings. The van der Waals surface area contributed by atoms with Crippen molar-refractivity contribution in [3.63, 3.8) is 0 Å². The fourth-order valence-corrected chi connectivity index (χ4v) is 6.36. The Labute approximate surface area is 213 Å². The van der Waals surface area contributed by atoms with E-state index in [1.807, 2.05) is 13.8 Å². The van der Waals surface area contributed by atoms with E-state index in [4.69, 9.17) is 0 Å². The molecule has 3 aliphatic rings. The van der Waals surface area contributed by atoms with Crippen molar-refractivity contribution in [1.82, 2.24) is 0 Å². The molecule has 0 saturated heterocycles. The molecule has 3 N–H and O–H groups in total. The molecule has 3 saturated carbocycles. The maximum atomic E-state index is 10.1. The Morgan fingerprint density at radius 1 is 1.06 bits per heavy atom. The number of unbranched alkanes of at least 4 members (excludes halogenated alkanes) is 1. The highest BCUT2D eigenvalue weighted by molar-refractivity contribution is 5.38. The summed E-state index contributed by atoms with van der Waals surface area (Å²) in [5.41, 5.74) is 2.78. The maximum absolute atomic E-state index is 10.1. The monoisotopic (exact) mass is 480 g/mol. The molecule has 3 nitrogen and oxygen atoms in total. The molecule has 0 spiro atoms. The van der Waals surface area contributed by atoms with Crippen molar-refractivity contribution in [2.75, 3.05) is 0 Å². The Hall–Kier alpha value is -1.68. The normalized spacial score (nSPS) is 33.5. The molecule has 0 heterocycles. The lowest BCUT2D eigenvalue weighted by atomic mass is 9.72. The number of fused-ring (bicyclic) bond motifs is 1. The van der Waals surface area contributed by atoms with Crippen LogP contribution in [0.4, 0.5) is 0 Å². The molecule has 0 amide bonds. The zero-order chi connectivity index (χ0) is 25.4. The highest BCUT2D eigenvalue weighted by Gasteiger charge is 2.41. The van der Waals surface area contributed by atoms with Crippen LogP contribution < -0.4 is 0 Å². The van der Waals surface area contributed by atoms with Crippen molar-refractivity contribution >= 4 is 0 Å². The van der Waals surface area contributed by atoms with Crippen molar-refractivity contribution in [2.24, 2.45) is 23.7 Å². The molecule has 194 valence electrons. The average molecular weight is 481 g/mol. The molecular formula is C32H48O3. The van der Waals surface area contributed by atoms with Gasteiger partial charge in [-0.05, 0) is 106 Å². The summed E-state index contributed by atoms with van der Waals surface area (Å²) in [4.78, 5) is 0. The Morgan fingerprint density at radius 3 is 2.60 bits per heavy atom. The summed E-state index contributed by atoms with van der Waals surface area (Å²) in [5, 5.41) is 29.9. The molecule has 0 bridgehead atoms. The zero-order valence-corrected chi connectivity index (χ0v) is 22.2. The SMILES string of the molecule is C=C1/C(=C\C=C2/CCC[C@@H]3[C@@H]([C@@H](C)/C=C/C=C/C=C/CCCC(C)(C)O)CC[C@@H]23)CC(O)C[C@@H]1O. The first-order chi connectivity index (χ1) is 16.7. The van der Waals surface area contributed by atoms with E-state index < -0.39 is 17.8 Å². The number of allylic oxidation sites excluding steroid dienone is 9. The molecule has 1 unspecified atom stereocenters. The Balaban J connectivity index is 1.51. The van der Waals surface area contributed by atoms with Gasteiger partial charge in [0.05, 0.1) is 17.8 Å². The van der Waals surface area contributed by atoms with Gasteiger partial charge in [-0.25, -0.2) is 0 Å². The number of hydrogen-bond acceptors (Lipinski definition) is 3. The molecule has 3 fully saturated rings. The predicted molar refractivity (Wildman–Crippen MR) is 147 cm³/mol. The largest absolute Gasteiger partial charge is 0.393 e. The second-order valence-electron chi connectivity index (χ2n) is 11.7. The highest BCUT2D eigenvalue weighted by Crippen LogP contribution is 2.51. The second kappa shape index (κ2) is 13.0. The number of hydrogen-bond donors (Lipinski definition) is 3. The summed E-state index contributed by atoms with van der Waals surface area (Å²) in [5.74, 6) is 2.76. The maximum Gasteiger partial charge on any atom is 0.0811 e. The van der Waals surface area contributed by atoms with Crippen molar-refractivity contribution in [3.05, 3.63) is 71.9 Å². The van der Waals surface area contributed by atoms with Crippen molar-refractivity contribution < 1.29 is 15.3 Å². The van der Waals surface area contributed by atoms with Gasteiger partial charge in [-0.2, -0.15) is 0 Å². The van der Waals surface area contributed by atoms with Gasteiger partial charge in [0, 0.05) is 6.42 Å². The topological polar surface area (TPSA) is 60.7 Å². The third-order valence-corrected chi connectivity index (χ3v) is 8.34. The van der Waals surface area contributed by atoms with Gasteiger partial charge in [0.2, 0.25) is 0 Å². The third kappa shape index (κ3) is 8.44. The third-order valence-electron chi connectivity index (χ3n) is 8.34. The van der Waals surface area contributed by atoms with E-state index in [1.165, 1.54) is 32.1 Å². The lowest BCUT2D eigenvalue weighted by Crippen LogP contribution is -2.27. The minimum atomic E-state index is -0.616. The van der Waals surface area contributed by atoms with E-state index in [2.05, 4.69) is 62.1 Å². The first kappa shape index (κ1) is 27.9. The molecular weight excluding hydrogens is 432 g/mol. The summed E-state index contributed by atoms with van der Waals surface area (Å²) in [6.45, 7) is 10.2. The van der Waals surface area contributed by atoms with Crippen LogP contribution in [0.15, 0.2) is 71.9 Å². The smallest absolute Gasteiger partial charge is 0.0811 e. The van der Waals surface area contributed by atoms with Gasteiger partial charge in [-0.3, -0.25) is 0 Å². The van der Waals surface area contributed by atoms with E-state index in [9.17, 15) is 15.3 Å². The van der Waals surface area contributed by atoms with Crippen LogP contribution in [-0.2, 0) is 0 Å². The van der Waals surface area contributed by atoms with Crippen LogP contribution in [0.2, 0.25) is 0 Å². The molecule has 0 radical (unpaired) electrons. The van der Waals surface area contributed by atoms with Crippen LogP contribution in [-0.4, -0.2) is 33.1 Å². The number of aliphatic hydroxyl groups is 3. The molecule has 0 aromatic carbocycles. The summed E-state index contributed by atoms with van der Waals surface area (Å²) in [6.07, 6.45) is 26.6. The van der Waals surface area contributed by atoms with Crippen LogP contribution in [0.1, 0.15) is 85.0 Å². The van der Waals surface area contributed by atoms with Gasteiger partial charge in [-0.1, -0.05) is 67.7 Å². The molecule has 0 aromatic heterocycles. The van der Waals surface area contributed by atoms with Crippen molar-refractivity contribution in [1.29, 1.82) is 0 Å². The van der Waals surface area contributed by atoms with Gasteiger partial charge in [0.15, 0.2) is 0 Å². The summed E-state index contributed by atoms with van der Waals surface area (Å²) >= 11 is 0. The second-order valence-corrected chi connectivity index (χ2v) is 11.7. The quantitative estimate of drug-likeness (QED) is 0.246. The van der Waals surface area contributed by atoms with Gasteiger partial charge in [-0.15, -0.1) is 0 Å². The molecule has 0 aliphatic heterocycles. The van der Waals surface area contributed by atoms with E-state index in [0.717, 1.165) is 42.2 Å². The number of aliphatic hydroxyl groups excluding tert-OH is 2. The first-order valence-electron chi connectivity index (χ1n) is 13.8. The lowest BCUT2D eigenvalue weighted by molar-refractivity contribution is 0.0691. The van der Waals surface area contributed by atoms with Crippen molar-refractivity contribution in [2.45, 2.75) is 103 Å². The van der Waals surface area contributed by atoms with Gasteiger partial charge >= 0.3 is 0 Å². The molecule has 6 atom stereocenters. The first-order valence-corrected chi connectivity index (χ1v) is 13.8. The van der Waals surface area contributed by atoms with Crippen LogP contribution in [0, 0.1) is 23.7 Å². The summed E-state index contributed by atoms with van der Waals surface area (Å²) < 4.78 is 0. The van der Waals surface area contributed by atoms with E-state index >= 15 is 0 Å². The van der Waals surface area contributed by atoms with E-state index in [-0.39, 0.29) is 0 Å². The van der Waals surface area contributed by atoms with Crippen molar-refractivity contribution in [3.8, 4) is 0 Å². The Morgan fingerprint density at radius 2 is 1.83 bits per heavy atom. The Kier molecular flexibility index (Phi) is 10.4. The fraction of sp³-hybridized carbons (Fsp3) is 0.625. The van der Waals surface area contributed by atoms with Gasteiger partial charge in [0.25, 0.3) is 0 Å². The highest BCUT2D eigenvalue weighted by atomic mass is 16.3. The lowest BCUT2D eigenvalue weighted by Gasteiger charge is -2.33. The van der Waals surface area contributed by atoms with Gasteiger partial charge in [0.1, 0.15) is 0 Å². The van der Waals surface area contributed by atoms with E-state index in [1.54, 1.807) is 5.57 Å².